The number of likely N-dealkylation sites (N-methyl/N-ethyl adjacent to an activating group) is 1. The number of rotatable bonds is 12. The van der Waals surface area contributed by atoms with Gasteiger partial charge in [0.2, 0.25) is 0 Å². The number of carbonyl (C=O) groups is 3. The second-order valence-electron chi connectivity index (χ2n) is 6.78. The van der Waals surface area contributed by atoms with Crippen LogP contribution in [0.25, 0.3) is 0 Å². The zero-order valence-corrected chi connectivity index (χ0v) is 17.5. The molecule has 31 heavy (non-hydrogen) atoms. The Bertz CT molecular complexity index is 837. The van der Waals surface area contributed by atoms with Crippen LogP contribution in [0.2, 0.25) is 0 Å². The summed E-state index contributed by atoms with van der Waals surface area (Å²) in [6.07, 6.45) is 0.789. The average molecular weight is 429 g/mol. The van der Waals surface area contributed by atoms with Crippen LogP contribution in [-0.2, 0) is 36.9 Å². The molecule has 2 aromatic rings. The van der Waals surface area contributed by atoms with Gasteiger partial charge in [-0.3, -0.25) is 9.59 Å². The van der Waals surface area contributed by atoms with Crippen molar-refractivity contribution in [1.82, 2.24) is 4.90 Å². The van der Waals surface area contributed by atoms with E-state index in [9.17, 15) is 14.4 Å². The summed E-state index contributed by atoms with van der Waals surface area (Å²) in [5.74, 6) is -0.882. The number of hydrogen-bond acceptors (Lipinski definition) is 7. The number of amides is 1. The van der Waals surface area contributed by atoms with E-state index < -0.39 is 18.5 Å². The maximum Gasteiger partial charge on any atom is 0.344 e. The molecule has 1 N–H and O–H groups in total. The van der Waals surface area contributed by atoms with Gasteiger partial charge in [-0.25, -0.2) is 4.79 Å². The largest absolute Gasteiger partial charge is 0.482 e. The number of aliphatic hydroxyl groups is 1. The fourth-order valence-corrected chi connectivity index (χ4v) is 2.52. The first kappa shape index (κ1) is 23.9. The Labute approximate surface area is 181 Å². The van der Waals surface area contributed by atoms with E-state index in [1.54, 1.807) is 24.3 Å². The highest BCUT2D eigenvalue weighted by atomic mass is 16.6. The third-order valence-electron chi connectivity index (χ3n) is 4.36. The van der Waals surface area contributed by atoms with Crippen LogP contribution < -0.4 is 4.74 Å². The zero-order chi connectivity index (χ0) is 22.5. The monoisotopic (exact) mass is 429 g/mol. The van der Waals surface area contributed by atoms with Crippen LogP contribution in [0.4, 0.5) is 0 Å². The second-order valence-corrected chi connectivity index (χ2v) is 6.78. The second kappa shape index (κ2) is 13.0. The normalized spacial score (nSPS) is 10.3. The fourth-order valence-electron chi connectivity index (χ4n) is 2.52. The molecular weight excluding hydrogens is 402 g/mol. The molecule has 0 aliphatic carbocycles. The molecule has 0 spiro atoms. The molecule has 0 aliphatic rings. The van der Waals surface area contributed by atoms with E-state index in [1.807, 2.05) is 30.3 Å². The summed E-state index contributed by atoms with van der Waals surface area (Å²) in [4.78, 5) is 36.5. The van der Waals surface area contributed by atoms with Crippen molar-refractivity contribution in [3.63, 3.8) is 0 Å². The van der Waals surface area contributed by atoms with Gasteiger partial charge in [-0.2, -0.15) is 0 Å². The number of benzene rings is 2. The third-order valence-corrected chi connectivity index (χ3v) is 4.36. The van der Waals surface area contributed by atoms with Crippen LogP contribution in [0.1, 0.15) is 17.5 Å². The van der Waals surface area contributed by atoms with Gasteiger partial charge in [0.25, 0.3) is 5.91 Å². The van der Waals surface area contributed by atoms with Gasteiger partial charge >= 0.3 is 11.9 Å². The molecule has 0 bridgehead atoms. The molecule has 0 radical (unpaired) electrons. The summed E-state index contributed by atoms with van der Waals surface area (Å²) < 4.78 is 15.4. The number of esters is 2. The number of nitrogens with zero attached hydrogens (tertiary/aromatic N) is 1. The quantitative estimate of drug-likeness (QED) is 0.513. The molecule has 0 unspecified atom stereocenters. The molecular formula is C23H27NO7. The van der Waals surface area contributed by atoms with E-state index >= 15 is 0 Å². The molecule has 8 heteroatoms. The van der Waals surface area contributed by atoms with E-state index in [0.717, 1.165) is 11.1 Å². The number of hydrogen-bond donors (Lipinski definition) is 1. The number of carbonyl (C=O) groups excluding carboxylic acids is 3. The summed E-state index contributed by atoms with van der Waals surface area (Å²) >= 11 is 0. The molecule has 2 rings (SSSR count). The lowest BCUT2D eigenvalue weighted by atomic mass is 10.1. The lowest BCUT2D eigenvalue weighted by Gasteiger charge is -2.15. The average Bonchev–Trinajstić information content (AvgIpc) is 2.80. The minimum Gasteiger partial charge on any atom is -0.482 e. The van der Waals surface area contributed by atoms with Gasteiger partial charge in [0, 0.05) is 20.0 Å². The van der Waals surface area contributed by atoms with Gasteiger partial charge in [-0.1, -0.05) is 42.5 Å². The number of ether oxygens (including phenoxy) is 3. The summed E-state index contributed by atoms with van der Waals surface area (Å²) in [5, 5.41) is 8.78. The summed E-state index contributed by atoms with van der Waals surface area (Å²) in [6.45, 7) is -0.472. The molecule has 8 nitrogen and oxygen atoms in total. The molecule has 0 aromatic heterocycles. The third kappa shape index (κ3) is 9.31. The van der Waals surface area contributed by atoms with Gasteiger partial charge in [0.1, 0.15) is 12.4 Å². The molecule has 0 saturated heterocycles. The molecule has 0 fully saturated rings. The maximum absolute atomic E-state index is 11.9. The molecule has 0 aliphatic heterocycles. The highest BCUT2D eigenvalue weighted by molar-refractivity contribution is 5.80. The van der Waals surface area contributed by atoms with Gasteiger partial charge in [-0.05, 0) is 29.7 Å². The molecule has 0 atom stereocenters. The van der Waals surface area contributed by atoms with Gasteiger partial charge in [-0.15, -0.1) is 0 Å². The summed E-state index contributed by atoms with van der Waals surface area (Å²) in [6, 6.07) is 16.5. The van der Waals surface area contributed by atoms with Crippen LogP contribution in [0, 0.1) is 0 Å². The van der Waals surface area contributed by atoms with E-state index in [0.29, 0.717) is 12.2 Å². The molecule has 0 heterocycles. The zero-order valence-electron chi connectivity index (χ0n) is 17.5. The first-order valence-electron chi connectivity index (χ1n) is 9.89. The van der Waals surface area contributed by atoms with Crippen molar-refractivity contribution in [3.05, 3.63) is 65.7 Å². The number of aliphatic hydroxyl groups excluding tert-OH is 1. The van der Waals surface area contributed by atoms with Crippen molar-refractivity contribution >= 4 is 17.8 Å². The fraction of sp³-hybridized carbons (Fsp3) is 0.348. The molecule has 2 aromatic carbocycles. The lowest BCUT2D eigenvalue weighted by molar-refractivity contribution is -0.153. The Balaban J connectivity index is 1.65. The predicted octanol–water partition coefficient (Wildman–Crippen LogP) is 1.74. The Morgan fingerprint density at radius 2 is 1.58 bits per heavy atom. The van der Waals surface area contributed by atoms with Crippen molar-refractivity contribution in [1.29, 1.82) is 0 Å². The van der Waals surface area contributed by atoms with Crippen LogP contribution in [-0.4, -0.2) is 61.3 Å². The highest BCUT2D eigenvalue weighted by Gasteiger charge is 2.12. The van der Waals surface area contributed by atoms with Gasteiger partial charge in [0.15, 0.2) is 13.2 Å². The van der Waals surface area contributed by atoms with Crippen LogP contribution in [0.15, 0.2) is 54.6 Å². The first-order valence-corrected chi connectivity index (χ1v) is 9.89. The highest BCUT2D eigenvalue weighted by Crippen LogP contribution is 2.14. The van der Waals surface area contributed by atoms with Crippen molar-refractivity contribution in [3.8, 4) is 5.75 Å². The smallest absolute Gasteiger partial charge is 0.344 e. The molecule has 1 amide bonds. The Hall–Kier alpha value is -3.39. The summed E-state index contributed by atoms with van der Waals surface area (Å²) in [5.41, 5.74) is 1.88. The Morgan fingerprint density at radius 1 is 0.871 bits per heavy atom. The Kier molecular flexibility index (Phi) is 10.0. The van der Waals surface area contributed by atoms with Crippen molar-refractivity contribution in [2.45, 2.75) is 19.4 Å². The van der Waals surface area contributed by atoms with Crippen molar-refractivity contribution in [2.24, 2.45) is 0 Å². The van der Waals surface area contributed by atoms with Crippen LogP contribution >= 0.6 is 0 Å². The van der Waals surface area contributed by atoms with Crippen molar-refractivity contribution < 1.29 is 33.7 Å². The van der Waals surface area contributed by atoms with E-state index in [4.69, 9.17) is 19.3 Å². The minimum atomic E-state index is -0.670. The van der Waals surface area contributed by atoms with E-state index in [1.165, 1.54) is 11.9 Å². The molecule has 166 valence electrons. The first-order chi connectivity index (χ1) is 15.0. The topological polar surface area (TPSA) is 102 Å². The Morgan fingerprint density at radius 3 is 2.26 bits per heavy atom. The van der Waals surface area contributed by atoms with Gasteiger partial charge < -0.3 is 24.2 Å². The van der Waals surface area contributed by atoms with Gasteiger partial charge in [0.05, 0.1) is 6.61 Å². The SMILES string of the molecule is CN(CCO)C(=O)COC(=O)COc1ccc(CCC(=O)OCc2ccccc2)cc1. The van der Waals surface area contributed by atoms with Crippen LogP contribution in [0.5, 0.6) is 5.75 Å². The number of aryl methyl sites for hydroxylation is 1. The van der Waals surface area contributed by atoms with E-state index in [-0.39, 0.29) is 38.8 Å². The lowest BCUT2D eigenvalue weighted by Crippen LogP contribution is -2.33. The van der Waals surface area contributed by atoms with Crippen LogP contribution in [0.3, 0.4) is 0 Å². The molecule has 0 saturated carbocycles. The van der Waals surface area contributed by atoms with Crippen molar-refractivity contribution in [2.75, 3.05) is 33.4 Å². The standard InChI is InChI=1S/C23H27NO7/c1-24(13-14-25)21(26)16-31-23(28)17-29-20-10-7-18(8-11-20)9-12-22(27)30-15-19-5-3-2-4-6-19/h2-8,10-11,25H,9,12-17H2,1H3. The minimum absolute atomic E-state index is 0.163. The predicted molar refractivity (Wildman–Crippen MR) is 112 cm³/mol. The summed E-state index contributed by atoms with van der Waals surface area (Å²) in [7, 11) is 1.51. The van der Waals surface area contributed by atoms with E-state index in [2.05, 4.69) is 0 Å². The maximum atomic E-state index is 11.9.